The smallest absolute Gasteiger partial charge is 0.272 e. The summed E-state index contributed by atoms with van der Waals surface area (Å²) < 4.78 is 0. The largest absolute Gasteiger partial charge is 0.347 e. The van der Waals surface area contributed by atoms with Crippen LogP contribution in [0.25, 0.3) is 0 Å². The highest BCUT2D eigenvalue weighted by Gasteiger charge is 2.08. The fourth-order valence-corrected chi connectivity index (χ4v) is 2.31. The molecule has 0 aliphatic heterocycles. The zero-order chi connectivity index (χ0) is 18.4. The third-order valence-electron chi connectivity index (χ3n) is 3.73. The van der Waals surface area contributed by atoms with Crippen LogP contribution in [-0.2, 0) is 6.54 Å². The molecule has 0 atom stereocenters. The van der Waals surface area contributed by atoms with E-state index in [1.54, 1.807) is 30.3 Å². The van der Waals surface area contributed by atoms with Crippen LogP contribution >= 0.6 is 0 Å². The van der Waals surface area contributed by atoms with Gasteiger partial charge in [-0.3, -0.25) is 4.79 Å². The maximum Gasteiger partial charge on any atom is 0.272 e. The first kappa shape index (κ1) is 17.1. The molecule has 0 fully saturated rings. The molecule has 2 N–H and O–H groups in total. The van der Waals surface area contributed by atoms with Gasteiger partial charge in [0.1, 0.15) is 0 Å². The Kier molecular flexibility index (Phi) is 5.20. The Morgan fingerprint density at radius 3 is 2.58 bits per heavy atom. The van der Waals surface area contributed by atoms with Crippen LogP contribution in [0.15, 0.2) is 60.7 Å². The summed E-state index contributed by atoms with van der Waals surface area (Å²) in [5.41, 5.74) is 3.72. The van der Waals surface area contributed by atoms with E-state index in [0.29, 0.717) is 17.9 Å². The predicted octanol–water partition coefficient (Wildman–Crippen LogP) is 3.33. The molecule has 2 aromatic carbocycles. The molecule has 26 heavy (non-hydrogen) atoms. The molecule has 0 radical (unpaired) electrons. The number of benzene rings is 2. The molecule has 6 nitrogen and oxygen atoms in total. The SMILES string of the molecule is Cc1ccc(CNC(=O)c2ccc(Nc3cccc(C#N)c3)nn2)cc1. The Morgan fingerprint density at radius 1 is 1.08 bits per heavy atom. The average molecular weight is 343 g/mol. The second-order valence-corrected chi connectivity index (χ2v) is 5.79. The van der Waals surface area contributed by atoms with Crippen molar-refractivity contribution in [3.63, 3.8) is 0 Å². The standard InChI is InChI=1S/C20H17N5O/c1-14-5-7-15(8-6-14)13-22-20(26)18-9-10-19(25-24-18)23-17-4-2-3-16(11-17)12-21/h2-11H,13H2,1H3,(H,22,26)(H,23,25). The van der Waals surface area contributed by atoms with E-state index in [9.17, 15) is 4.79 Å². The van der Waals surface area contributed by atoms with Crippen LogP contribution in [0.4, 0.5) is 11.5 Å². The first-order valence-corrected chi connectivity index (χ1v) is 8.09. The van der Waals surface area contributed by atoms with Crippen LogP contribution in [0.3, 0.4) is 0 Å². The van der Waals surface area contributed by atoms with Gasteiger partial charge in [-0.2, -0.15) is 5.26 Å². The predicted molar refractivity (Wildman–Crippen MR) is 98.8 cm³/mol. The highest BCUT2D eigenvalue weighted by atomic mass is 16.1. The molecule has 0 saturated carbocycles. The molecule has 0 aliphatic carbocycles. The van der Waals surface area contributed by atoms with E-state index in [0.717, 1.165) is 11.3 Å². The Balaban J connectivity index is 1.60. The number of nitrogens with zero attached hydrogens (tertiary/aromatic N) is 3. The van der Waals surface area contributed by atoms with E-state index in [-0.39, 0.29) is 11.6 Å². The molecule has 128 valence electrons. The summed E-state index contributed by atoms with van der Waals surface area (Å²) in [7, 11) is 0. The van der Waals surface area contributed by atoms with Crippen molar-refractivity contribution < 1.29 is 4.79 Å². The fraction of sp³-hybridized carbons (Fsp3) is 0.100. The summed E-state index contributed by atoms with van der Waals surface area (Å²) in [4.78, 5) is 12.2. The molecular weight excluding hydrogens is 326 g/mol. The van der Waals surface area contributed by atoms with Crippen LogP contribution in [-0.4, -0.2) is 16.1 Å². The van der Waals surface area contributed by atoms with Crippen molar-refractivity contribution in [3.8, 4) is 6.07 Å². The number of anilines is 2. The summed E-state index contributed by atoms with van der Waals surface area (Å²) in [5, 5.41) is 22.8. The molecule has 1 amide bonds. The van der Waals surface area contributed by atoms with Gasteiger partial charge in [0.15, 0.2) is 11.5 Å². The fourth-order valence-electron chi connectivity index (χ4n) is 2.31. The Bertz CT molecular complexity index is 943. The van der Waals surface area contributed by atoms with Crippen molar-refractivity contribution >= 4 is 17.4 Å². The van der Waals surface area contributed by atoms with Gasteiger partial charge in [-0.05, 0) is 42.8 Å². The first-order chi connectivity index (χ1) is 12.6. The second kappa shape index (κ2) is 7.90. The van der Waals surface area contributed by atoms with E-state index in [2.05, 4.69) is 26.9 Å². The third-order valence-corrected chi connectivity index (χ3v) is 3.73. The lowest BCUT2D eigenvalue weighted by atomic mass is 10.1. The van der Waals surface area contributed by atoms with Gasteiger partial charge in [0.05, 0.1) is 11.6 Å². The van der Waals surface area contributed by atoms with Crippen molar-refractivity contribution in [1.29, 1.82) is 5.26 Å². The van der Waals surface area contributed by atoms with Crippen molar-refractivity contribution in [2.75, 3.05) is 5.32 Å². The monoisotopic (exact) mass is 343 g/mol. The number of nitriles is 1. The van der Waals surface area contributed by atoms with Gasteiger partial charge in [-0.1, -0.05) is 35.9 Å². The lowest BCUT2D eigenvalue weighted by molar-refractivity contribution is 0.0945. The van der Waals surface area contributed by atoms with Crippen molar-refractivity contribution in [3.05, 3.63) is 83.0 Å². The summed E-state index contributed by atoms with van der Waals surface area (Å²) >= 11 is 0. The van der Waals surface area contributed by atoms with Gasteiger partial charge >= 0.3 is 0 Å². The van der Waals surface area contributed by atoms with Gasteiger partial charge < -0.3 is 10.6 Å². The quantitative estimate of drug-likeness (QED) is 0.741. The van der Waals surface area contributed by atoms with Gasteiger partial charge in [0.25, 0.3) is 5.91 Å². The van der Waals surface area contributed by atoms with E-state index < -0.39 is 0 Å². The Labute approximate surface area is 151 Å². The van der Waals surface area contributed by atoms with Crippen molar-refractivity contribution in [1.82, 2.24) is 15.5 Å². The molecule has 3 rings (SSSR count). The second-order valence-electron chi connectivity index (χ2n) is 5.79. The van der Waals surface area contributed by atoms with Gasteiger partial charge in [0.2, 0.25) is 0 Å². The molecule has 0 saturated heterocycles. The topological polar surface area (TPSA) is 90.7 Å². The van der Waals surface area contributed by atoms with Crippen LogP contribution in [0.1, 0.15) is 27.2 Å². The summed E-state index contributed by atoms with van der Waals surface area (Å²) in [5.74, 6) is 0.214. The Morgan fingerprint density at radius 2 is 1.88 bits per heavy atom. The van der Waals surface area contributed by atoms with E-state index >= 15 is 0 Å². The van der Waals surface area contributed by atoms with Crippen LogP contribution in [0.5, 0.6) is 0 Å². The molecule has 0 aliphatic rings. The highest BCUT2D eigenvalue weighted by Crippen LogP contribution is 2.15. The minimum atomic E-state index is -0.281. The number of nitrogens with one attached hydrogen (secondary N) is 2. The molecule has 1 heterocycles. The summed E-state index contributed by atoms with van der Waals surface area (Å²) in [6.45, 7) is 2.45. The number of aromatic nitrogens is 2. The minimum absolute atomic E-state index is 0.244. The van der Waals surface area contributed by atoms with Gasteiger partial charge in [-0.25, -0.2) is 0 Å². The maximum absolute atomic E-state index is 12.2. The number of rotatable bonds is 5. The first-order valence-electron chi connectivity index (χ1n) is 8.09. The van der Waals surface area contributed by atoms with Crippen LogP contribution < -0.4 is 10.6 Å². The molecule has 0 bridgehead atoms. The van der Waals surface area contributed by atoms with Crippen LogP contribution in [0, 0.1) is 18.3 Å². The average Bonchev–Trinajstić information content (AvgIpc) is 2.68. The third kappa shape index (κ3) is 4.42. The van der Waals surface area contributed by atoms with E-state index in [1.165, 1.54) is 5.56 Å². The van der Waals surface area contributed by atoms with Crippen molar-refractivity contribution in [2.45, 2.75) is 13.5 Å². The molecule has 3 aromatic rings. The lowest BCUT2D eigenvalue weighted by Crippen LogP contribution is -2.24. The molecule has 6 heteroatoms. The normalized spacial score (nSPS) is 10.0. The minimum Gasteiger partial charge on any atom is -0.347 e. The number of amides is 1. The number of carbonyl (C=O) groups excluding carboxylic acids is 1. The van der Waals surface area contributed by atoms with Crippen molar-refractivity contribution in [2.24, 2.45) is 0 Å². The zero-order valence-electron chi connectivity index (χ0n) is 14.2. The van der Waals surface area contributed by atoms with E-state index in [1.807, 2.05) is 37.3 Å². The van der Waals surface area contributed by atoms with Crippen LogP contribution in [0.2, 0.25) is 0 Å². The van der Waals surface area contributed by atoms with Gasteiger partial charge in [0, 0.05) is 12.2 Å². The maximum atomic E-state index is 12.2. The lowest BCUT2D eigenvalue weighted by Gasteiger charge is -2.07. The molecule has 0 spiro atoms. The number of aryl methyl sites for hydroxylation is 1. The number of carbonyl (C=O) groups is 1. The molecule has 1 aromatic heterocycles. The number of hydrogen-bond acceptors (Lipinski definition) is 5. The molecule has 0 unspecified atom stereocenters. The van der Waals surface area contributed by atoms with E-state index in [4.69, 9.17) is 5.26 Å². The highest BCUT2D eigenvalue weighted by molar-refractivity contribution is 5.92. The number of hydrogen-bond donors (Lipinski definition) is 2. The summed E-state index contributed by atoms with van der Waals surface area (Å²) in [6.07, 6.45) is 0. The summed E-state index contributed by atoms with van der Waals surface area (Å²) in [6, 6.07) is 20.4. The zero-order valence-corrected chi connectivity index (χ0v) is 14.2. The molecular formula is C20H17N5O. The Hall–Kier alpha value is -3.72. The van der Waals surface area contributed by atoms with Gasteiger partial charge in [-0.15, -0.1) is 10.2 Å².